The maximum atomic E-state index is 12.0. The molecule has 1 atom stereocenters. The van der Waals surface area contributed by atoms with E-state index in [1.807, 2.05) is 39.0 Å². The fourth-order valence-corrected chi connectivity index (χ4v) is 3.46. The van der Waals surface area contributed by atoms with Gasteiger partial charge in [-0.1, -0.05) is 46.3 Å². The van der Waals surface area contributed by atoms with Crippen molar-refractivity contribution in [2.24, 2.45) is 0 Å². The molecule has 0 aliphatic rings. The Morgan fingerprint density at radius 2 is 1.83 bits per heavy atom. The van der Waals surface area contributed by atoms with Gasteiger partial charge < -0.3 is 20.1 Å². The molecule has 0 aliphatic carbocycles. The molecule has 5 nitrogen and oxygen atoms in total. The van der Waals surface area contributed by atoms with E-state index in [2.05, 4.69) is 57.8 Å². The standard InChI is InChI=1S/C24H33BrN2O3/c1-17(11-12-18-9-7-6-8-10-18)26-15-19-13-21(29-5)22(14-20(19)25)30-16-23(28)27-24(2,3)4/h6-10,13-14,17,26H,11-12,15-16H2,1-5H3,(H,27,28). The minimum absolute atomic E-state index is 0.0613. The highest BCUT2D eigenvalue weighted by molar-refractivity contribution is 9.10. The van der Waals surface area contributed by atoms with Gasteiger partial charge in [-0.25, -0.2) is 0 Å². The van der Waals surface area contributed by atoms with Gasteiger partial charge in [-0.3, -0.25) is 4.79 Å². The van der Waals surface area contributed by atoms with Crippen molar-refractivity contribution in [3.8, 4) is 11.5 Å². The van der Waals surface area contributed by atoms with Crippen LogP contribution in [0.5, 0.6) is 11.5 Å². The van der Waals surface area contributed by atoms with E-state index in [0.29, 0.717) is 24.1 Å². The third-order valence-electron chi connectivity index (χ3n) is 4.56. The number of ether oxygens (including phenoxy) is 2. The zero-order valence-corrected chi connectivity index (χ0v) is 20.1. The largest absolute Gasteiger partial charge is 0.493 e. The molecule has 2 rings (SSSR count). The first-order chi connectivity index (χ1) is 14.2. The Morgan fingerprint density at radius 3 is 2.47 bits per heavy atom. The number of nitrogens with one attached hydrogen (secondary N) is 2. The van der Waals surface area contributed by atoms with Crippen LogP contribution in [0.4, 0.5) is 0 Å². The minimum Gasteiger partial charge on any atom is -0.493 e. The van der Waals surface area contributed by atoms with Crippen LogP contribution in [-0.2, 0) is 17.8 Å². The van der Waals surface area contributed by atoms with Gasteiger partial charge in [0, 0.05) is 22.6 Å². The minimum atomic E-state index is -0.294. The van der Waals surface area contributed by atoms with Gasteiger partial charge in [0.15, 0.2) is 18.1 Å². The molecule has 164 valence electrons. The van der Waals surface area contributed by atoms with Crippen molar-refractivity contribution in [3.05, 3.63) is 58.1 Å². The highest BCUT2D eigenvalue weighted by Crippen LogP contribution is 2.33. The number of rotatable bonds is 10. The topological polar surface area (TPSA) is 59.6 Å². The number of aryl methyl sites for hydroxylation is 1. The number of benzene rings is 2. The van der Waals surface area contributed by atoms with E-state index in [0.717, 1.165) is 22.9 Å². The SMILES string of the molecule is COc1cc(CNC(C)CCc2ccccc2)c(Br)cc1OCC(=O)NC(C)(C)C. The molecule has 0 aliphatic heterocycles. The Balaban J connectivity index is 1.91. The normalized spacial score (nSPS) is 12.3. The van der Waals surface area contributed by atoms with Crippen LogP contribution in [0.1, 0.15) is 45.2 Å². The number of hydrogen-bond acceptors (Lipinski definition) is 4. The number of halogens is 1. The molecule has 1 amide bonds. The molecule has 0 saturated heterocycles. The van der Waals surface area contributed by atoms with E-state index in [4.69, 9.17) is 9.47 Å². The Hall–Kier alpha value is -2.05. The number of methoxy groups -OCH3 is 1. The third-order valence-corrected chi connectivity index (χ3v) is 5.29. The van der Waals surface area contributed by atoms with Crippen molar-refractivity contribution >= 4 is 21.8 Å². The molecule has 6 heteroatoms. The Morgan fingerprint density at radius 1 is 1.13 bits per heavy atom. The van der Waals surface area contributed by atoms with Gasteiger partial charge in [0.2, 0.25) is 0 Å². The maximum Gasteiger partial charge on any atom is 0.258 e. The van der Waals surface area contributed by atoms with E-state index in [-0.39, 0.29) is 18.1 Å². The summed E-state index contributed by atoms with van der Waals surface area (Å²) in [5, 5.41) is 6.45. The van der Waals surface area contributed by atoms with Gasteiger partial charge >= 0.3 is 0 Å². The van der Waals surface area contributed by atoms with E-state index < -0.39 is 0 Å². The molecule has 0 bridgehead atoms. The molecule has 0 radical (unpaired) electrons. The summed E-state index contributed by atoms with van der Waals surface area (Å²) in [5.74, 6) is 0.975. The smallest absolute Gasteiger partial charge is 0.258 e. The fourth-order valence-electron chi connectivity index (χ4n) is 3.00. The van der Waals surface area contributed by atoms with E-state index in [1.54, 1.807) is 7.11 Å². The highest BCUT2D eigenvalue weighted by Gasteiger charge is 2.16. The number of hydrogen-bond donors (Lipinski definition) is 2. The van der Waals surface area contributed by atoms with Crippen LogP contribution in [-0.4, -0.2) is 31.2 Å². The molecule has 0 spiro atoms. The van der Waals surface area contributed by atoms with Gasteiger partial charge in [0.05, 0.1) is 7.11 Å². The number of carbonyl (C=O) groups is 1. The molecule has 2 aromatic carbocycles. The third kappa shape index (κ3) is 8.36. The van der Waals surface area contributed by atoms with Gasteiger partial charge in [-0.15, -0.1) is 0 Å². The molecule has 0 fully saturated rings. The predicted octanol–water partition coefficient (Wildman–Crippen LogP) is 4.86. The van der Waals surface area contributed by atoms with Crippen LogP contribution in [0.3, 0.4) is 0 Å². The Labute approximate surface area is 188 Å². The molecule has 0 saturated carbocycles. The summed E-state index contributed by atoms with van der Waals surface area (Å²) in [6.07, 6.45) is 2.10. The Kier molecular flexibility index (Phi) is 9.18. The van der Waals surface area contributed by atoms with Crippen molar-refractivity contribution in [2.75, 3.05) is 13.7 Å². The first-order valence-electron chi connectivity index (χ1n) is 10.3. The first kappa shape index (κ1) is 24.2. The summed E-state index contributed by atoms with van der Waals surface area (Å²) < 4.78 is 12.1. The van der Waals surface area contributed by atoms with Crippen LogP contribution in [0.2, 0.25) is 0 Å². The zero-order valence-electron chi connectivity index (χ0n) is 18.5. The molecule has 1 unspecified atom stereocenters. The lowest BCUT2D eigenvalue weighted by Gasteiger charge is -2.21. The number of amides is 1. The summed E-state index contributed by atoms with van der Waals surface area (Å²) in [4.78, 5) is 12.0. The van der Waals surface area contributed by atoms with Crippen molar-refractivity contribution in [1.29, 1.82) is 0 Å². The van der Waals surface area contributed by atoms with Gasteiger partial charge in [-0.05, 0) is 63.8 Å². The fraction of sp³-hybridized carbons (Fsp3) is 0.458. The average Bonchev–Trinajstić information content (AvgIpc) is 2.69. The summed E-state index contributed by atoms with van der Waals surface area (Å²) in [6, 6.07) is 14.7. The van der Waals surface area contributed by atoms with E-state index in [1.165, 1.54) is 5.56 Å². The second-order valence-electron chi connectivity index (χ2n) is 8.49. The van der Waals surface area contributed by atoms with Crippen molar-refractivity contribution in [1.82, 2.24) is 10.6 Å². The highest BCUT2D eigenvalue weighted by atomic mass is 79.9. The summed E-state index contributed by atoms with van der Waals surface area (Å²) in [5.41, 5.74) is 2.13. The van der Waals surface area contributed by atoms with Gasteiger partial charge in [-0.2, -0.15) is 0 Å². The number of carbonyl (C=O) groups excluding carboxylic acids is 1. The van der Waals surface area contributed by atoms with Crippen LogP contribution < -0.4 is 20.1 Å². The van der Waals surface area contributed by atoms with Crippen molar-refractivity contribution in [2.45, 2.75) is 58.7 Å². The average molecular weight is 477 g/mol. The lowest BCUT2D eigenvalue weighted by atomic mass is 10.1. The molecule has 2 N–H and O–H groups in total. The monoisotopic (exact) mass is 476 g/mol. The maximum absolute atomic E-state index is 12.0. The van der Waals surface area contributed by atoms with Crippen molar-refractivity contribution in [3.63, 3.8) is 0 Å². The van der Waals surface area contributed by atoms with Crippen LogP contribution >= 0.6 is 15.9 Å². The molecular weight excluding hydrogens is 444 g/mol. The molecular formula is C24H33BrN2O3. The van der Waals surface area contributed by atoms with Gasteiger partial charge in [0.25, 0.3) is 5.91 Å². The van der Waals surface area contributed by atoms with Crippen molar-refractivity contribution < 1.29 is 14.3 Å². The summed E-state index contributed by atoms with van der Waals surface area (Å²) >= 11 is 3.62. The lowest BCUT2D eigenvalue weighted by molar-refractivity contribution is -0.124. The van der Waals surface area contributed by atoms with E-state index in [9.17, 15) is 4.79 Å². The summed E-state index contributed by atoms with van der Waals surface area (Å²) in [7, 11) is 1.60. The quantitative estimate of drug-likeness (QED) is 0.513. The first-order valence-corrected chi connectivity index (χ1v) is 11.0. The van der Waals surface area contributed by atoms with Crippen LogP contribution in [0, 0.1) is 0 Å². The van der Waals surface area contributed by atoms with Crippen LogP contribution in [0.25, 0.3) is 0 Å². The Bertz CT molecular complexity index is 819. The summed E-state index contributed by atoms with van der Waals surface area (Å²) in [6.45, 7) is 8.64. The molecule has 30 heavy (non-hydrogen) atoms. The second kappa shape index (κ2) is 11.4. The van der Waals surface area contributed by atoms with Gasteiger partial charge in [0.1, 0.15) is 0 Å². The lowest BCUT2D eigenvalue weighted by Crippen LogP contribution is -2.43. The molecule has 2 aromatic rings. The molecule has 0 aromatic heterocycles. The zero-order chi connectivity index (χ0) is 22.1. The molecule has 0 heterocycles. The van der Waals surface area contributed by atoms with E-state index >= 15 is 0 Å². The predicted molar refractivity (Wildman–Crippen MR) is 125 cm³/mol. The second-order valence-corrected chi connectivity index (χ2v) is 9.34. The van der Waals surface area contributed by atoms with Crippen LogP contribution in [0.15, 0.2) is 46.9 Å².